The van der Waals surface area contributed by atoms with Gasteiger partial charge in [0.25, 0.3) is 0 Å². The number of aromatic hydroxyl groups is 1. The molecular weight excluding hydrogens is 212 g/mol. The number of phenolic OH excluding ortho intramolecular Hbond substituents is 1. The number of hydrogen-bond donors (Lipinski definition) is 2. The van der Waals surface area contributed by atoms with E-state index in [2.05, 4.69) is 11.1 Å². The van der Waals surface area contributed by atoms with Crippen LogP contribution in [0.15, 0.2) is 36.5 Å². The van der Waals surface area contributed by atoms with Gasteiger partial charge in [0.05, 0.1) is 0 Å². The first kappa shape index (κ1) is 10.3. The van der Waals surface area contributed by atoms with Crippen LogP contribution >= 0.6 is 0 Å². The quantitative estimate of drug-likeness (QED) is 0.780. The van der Waals surface area contributed by atoms with Crippen LogP contribution in [-0.2, 0) is 12.8 Å². The van der Waals surface area contributed by atoms with Gasteiger partial charge in [-0.25, -0.2) is 0 Å². The topological polar surface area (TPSA) is 59.1 Å². The zero-order valence-corrected chi connectivity index (χ0v) is 9.43. The third kappa shape index (κ3) is 1.89. The summed E-state index contributed by atoms with van der Waals surface area (Å²) in [5, 5.41) is 9.47. The molecule has 3 heteroatoms. The molecule has 2 aromatic rings. The summed E-state index contributed by atoms with van der Waals surface area (Å²) in [6, 6.07) is 9.56. The Hall–Kier alpha value is -1.87. The van der Waals surface area contributed by atoms with Gasteiger partial charge in [0.15, 0.2) is 0 Å². The summed E-state index contributed by atoms with van der Waals surface area (Å²) in [6.45, 7) is 0. The lowest BCUT2D eigenvalue weighted by atomic mass is 10.0. The molecule has 3 N–H and O–H groups in total. The summed E-state index contributed by atoms with van der Waals surface area (Å²) in [7, 11) is 0. The molecule has 0 fully saturated rings. The van der Waals surface area contributed by atoms with Crippen molar-refractivity contribution >= 4 is 0 Å². The molecule has 0 amide bonds. The smallest absolute Gasteiger partial charge is 0.116 e. The fourth-order valence-electron chi connectivity index (χ4n) is 2.35. The van der Waals surface area contributed by atoms with Crippen molar-refractivity contribution in [1.29, 1.82) is 0 Å². The number of aromatic nitrogens is 1. The van der Waals surface area contributed by atoms with Crippen LogP contribution in [0.2, 0.25) is 0 Å². The van der Waals surface area contributed by atoms with E-state index in [1.165, 1.54) is 5.56 Å². The van der Waals surface area contributed by atoms with Gasteiger partial charge in [-0.1, -0.05) is 12.1 Å². The highest BCUT2D eigenvalue weighted by atomic mass is 16.3. The van der Waals surface area contributed by atoms with Crippen molar-refractivity contribution in [3.8, 4) is 16.9 Å². The average Bonchev–Trinajstić information content (AvgIpc) is 2.68. The minimum Gasteiger partial charge on any atom is -0.508 e. The van der Waals surface area contributed by atoms with E-state index in [0.29, 0.717) is 0 Å². The molecule has 0 radical (unpaired) electrons. The van der Waals surface area contributed by atoms with E-state index in [1.807, 2.05) is 18.3 Å². The van der Waals surface area contributed by atoms with Gasteiger partial charge in [-0.3, -0.25) is 4.98 Å². The molecule has 0 spiro atoms. The first-order valence-corrected chi connectivity index (χ1v) is 5.75. The van der Waals surface area contributed by atoms with Crippen molar-refractivity contribution in [3.05, 3.63) is 47.8 Å². The summed E-state index contributed by atoms with van der Waals surface area (Å²) < 4.78 is 0. The third-order valence-electron chi connectivity index (χ3n) is 3.18. The highest BCUT2D eigenvalue weighted by Gasteiger charge is 2.19. The monoisotopic (exact) mass is 226 g/mol. The molecule has 3 nitrogen and oxygen atoms in total. The standard InChI is InChI=1S/C14H14N2O/c15-12-5-10-4-11(8-16-14(10)7-12)9-2-1-3-13(17)6-9/h1-4,6,8,12,17H,5,7,15H2. The number of nitrogens with two attached hydrogens (primary N) is 1. The summed E-state index contributed by atoms with van der Waals surface area (Å²) in [6.07, 6.45) is 3.62. The lowest BCUT2D eigenvalue weighted by molar-refractivity contribution is 0.475. The maximum atomic E-state index is 9.47. The molecule has 1 atom stereocenters. The number of pyridine rings is 1. The van der Waals surface area contributed by atoms with Gasteiger partial charge >= 0.3 is 0 Å². The Morgan fingerprint density at radius 1 is 1.18 bits per heavy atom. The van der Waals surface area contributed by atoms with Gasteiger partial charge in [0.1, 0.15) is 5.75 Å². The van der Waals surface area contributed by atoms with Crippen LogP contribution in [0.1, 0.15) is 11.3 Å². The Morgan fingerprint density at radius 2 is 2.06 bits per heavy atom. The molecule has 1 aromatic carbocycles. The van der Waals surface area contributed by atoms with E-state index in [1.54, 1.807) is 12.1 Å². The fourth-order valence-corrected chi connectivity index (χ4v) is 2.35. The van der Waals surface area contributed by atoms with Gasteiger partial charge in [0, 0.05) is 29.9 Å². The van der Waals surface area contributed by atoms with Gasteiger partial charge < -0.3 is 10.8 Å². The van der Waals surface area contributed by atoms with Crippen LogP contribution in [0, 0.1) is 0 Å². The Labute approximate surface area is 99.9 Å². The third-order valence-corrected chi connectivity index (χ3v) is 3.18. The van der Waals surface area contributed by atoms with Crippen LogP contribution < -0.4 is 5.73 Å². The second-order valence-electron chi connectivity index (χ2n) is 4.55. The zero-order chi connectivity index (χ0) is 11.8. The number of rotatable bonds is 1. The molecule has 1 aliphatic rings. The van der Waals surface area contributed by atoms with E-state index in [-0.39, 0.29) is 11.8 Å². The number of phenols is 1. The zero-order valence-electron chi connectivity index (χ0n) is 9.43. The molecule has 0 saturated carbocycles. The van der Waals surface area contributed by atoms with Crippen LogP contribution in [-0.4, -0.2) is 16.1 Å². The molecule has 1 heterocycles. The molecule has 1 aromatic heterocycles. The lowest BCUT2D eigenvalue weighted by Crippen LogP contribution is -2.19. The highest BCUT2D eigenvalue weighted by molar-refractivity contribution is 5.65. The Balaban J connectivity index is 2.03. The SMILES string of the molecule is NC1Cc2cc(-c3cccc(O)c3)cnc2C1. The average molecular weight is 226 g/mol. The molecule has 1 aliphatic carbocycles. The van der Waals surface area contributed by atoms with Crippen LogP contribution in [0.3, 0.4) is 0 Å². The summed E-state index contributed by atoms with van der Waals surface area (Å²) >= 11 is 0. The second kappa shape index (κ2) is 3.86. The van der Waals surface area contributed by atoms with Gasteiger partial charge in [-0.2, -0.15) is 0 Å². The van der Waals surface area contributed by atoms with Crippen molar-refractivity contribution in [2.24, 2.45) is 5.73 Å². The van der Waals surface area contributed by atoms with Crippen molar-refractivity contribution in [3.63, 3.8) is 0 Å². The Morgan fingerprint density at radius 3 is 2.88 bits per heavy atom. The van der Waals surface area contributed by atoms with Crippen molar-refractivity contribution in [2.75, 3.05) is 0 Å². The summed E-state index contributed by atoms with van der Waals surface area (Å²) in [4.78, 5) is 4.45. The molecule has 0 bridgehead atoms. The first-order valence-electron chi connectivity index (χ1n) is 5.75. The number of benzene rings is 1. The molecule has 86 valence electrons. The van der Waals surface area contributed by atoms with E-state index >= 15 is 0 Å². The van der Waals surface area contributed by atoms with Crippen molar-refractivity contribution in [2.45, 2.75) is 18.9 Å². The van der Waals surface area contributed by atoms with Crippen molar-refractivity contribution in [1.82, 2.24) is 4.98 Å². The molecule has 3 rings (SSSR count). The van der Waals surface area contributed by atoms with Crippen LogP contribution in [0.5, 0.6) is 5.75 Å². The lowest BCUT2D eigenvalue weighted by Gasteiger charge is -2.04. The Kier molecular flexibility index (Phi) is 2.34. The predicted molar refractivity (Wildman–Crippen MR) is 66.7 cm³/mol. The van der Waals surface area contributed by atoms with E-state index in [4.69, 9.17) is 5.73 Å². The Bertz CT molecular complexity index is 566. The van der Waals surface area contributed by atoms with Gasteiger partial charge in [-0.05, 0) is 35.7 Å². The van der Waals surface area contributed by atoms with E-state index in [0.717, 1.165) is 29.7 Å². The molecule has 0 aliphatic heterocycles. The second-order valence-corrected chi connectivity index (χ2v) is 4.55. The van der Waals surface area contributed by atoms with E-state index < -0.39 is 0 Å². The number of fused-ring (bicyclic) bond motifs is 1. The predicted octanol–water partition coefficient (Wildman–Crippen LogP) is 1.88. The molecule has 17 heavy (non-hydrogen) atoms. The van der Waals surface area contributed by atoms with Crippen molar-refractivity contribution < 1.29 is 5.11 Å². The molecular formula is C14H14N2O. The summed E-state index contributed by atoms with van der Waals surface area (Å²) in [5.41, 5.74) is 10.3. The first-order chi connectivity index (χ1) is 8.22. The number of hydrogen-bond acceptors (Lipinski definition) is 3. The largest absolute Gasteiger partial charge is 0.508 e. The minimum absolute atomic E-state index is 0.205. The van der Waals surface area contributed by atoms with Crippen LogP contribution in [0.25, 0.3) is 11.1 Å². The van der Waals surface area contributed by atoms with Gasteiger partial charge in [-0.15, -0.1) is 0 Å². The number of nitrogens with zero attached hydrogens (tertiary/aromatic N) is 1. The minimum atomic E-state index is 0.205. The highest BCUT2D eigenvalue weighted by Crippen LogP contribution is 2.27. The molecule has 0 saturated heterocycles. The summed E-state index contributed by atoms with van der Waals surface area (Å²) in [5.74, 6) is 0.277. The van der Waals surface area contributed by atoms with E-state index in [9.17, 15) is 5.11 Å². The maximum absolute atomic E-state index is 9.47. The van der Waals surface area contributed by atoms with Gasteiger partial charge in [0.2, 0.25) is 0 Å². The molecule has 1 unspecified atom stereocenters. The fraction of sp³-hybridized carbons (Fsp3) is 0.214. The normalized spacial score (nSPS) is 18.1. The maximum Gasteiger partial charge on any atom is 0.116 e. The van der Waals surface area contributed by atoms with Crippen LogP contribution in [0.4, 0.5) is 0 Å².